The van der Waals surface area contributed by atoms with Crippen LogP contribution < -0.4 is 5.32 Å². The molecule has 3 rings (SSSR count). The second kappa shape index (κ2) is 7.77. The maximum absolute atomic E-state index is 12.4. The second-order valence-corrected chi connectivity index (χ2v) is 7.19. The van der Waals surface area contributed by atoms with Crippen LogP contribution in [0.25, 0.3) is 10.2 Å². The minimum atomic E-state index is -0.00100. The van der Waals surface area contributed by atoms with Crippen molar-refractivity contribution < 1.29 is 4.79 Å². The monoisotopic (exact) mass is 357 g/mol. The lowest BCUT2D eigenvalue weighted by molar-refractivity contribution is -0.113. The minimum Gasteiger partial charge on any atom is -0.325 e. The van der Waals surface area contributed by atoms with Crippen LogP contribution >= 0.6 is 23.1 Å². The molecule has 124 valence electrons. The normalized spacial score (nSPS) is 10.9. The van der Waals surface area contributed by atoms with Crippen LogP contribution in [0.4, 0.5) is 5.69 Å². The number of para-hydroxylation sites is 1. The first-order valence-electron chi connectivity index (χ1n) is 7.94. The molecule has 1 N–H and O–H groups in total. The molecular formula is C18H19N3OS2. The SMILES string of the molecule is CCc1cccc(CC)c1NC(=O)CSc1ncnc2ccsc12. The number of anilines is 1. The summed E-state index contributed by atoms with van der Waals surface area (Å²) in [5, 5.41) is 5.95. The summed E-state index contributed by atoms with van der Waals surface area (Å²) in [5.41, 5.74) is 4.25. The molecule has 24 heavy (non-hydrogen) atoms. The van der Waals surface area contributed by atoms with Crippen molar-refractivity contribution in [1.82, 2.24) is 9.97 Å². The van der Waals surface area contributed by atoms with E-state index in [1.54, 1.807) is 17.7 Å². The molecule has 0 bridgehead atoms. The van der Waals surface area contributed by atoms with E-state index in [1.807, 2.05) is 11.4 Å². The number of hydrogen-bond acceptors (Lipinski definition) is 5. The van der Waals surface area contributed by atoms with E-state index in [0.717, 1.165) is 33.8 Å². The number of thiophene rings is 1. The summed E-state index contributed by atoms with van der Waals surface area (Å²) in [7, 11) is 0. The van der Waals surface area contributed by atoms with Gasteiger partial charge in [0.05, 0.1) is 16.0 Å². The van der Waals surface area contributed by atoms with Crippen molar-refractivity contribution in [3.8, 4) is 0 Å². The Labute approximate surface area is 149 Å². The third-order valence-electron chi connectivity index (χ3n) is 3.81. The molecule has 0 spiro atoms. The molecule has 2 heterocycles. The fraction of sp³-hybridized carbons (Fsp3) is 0.278. The number of fused-ring (bicyclic) bond motifs is 1. The van der Waals surface area contributed by atoms with Crippen molar-refractivity contribution in [2.75, 3.05) is 11.1 Å². The summed E-state index contributed by atoms with van der Waals surface area (Å²) >= 11 is 3.06. The largest absolute Gasteiger partial charge is 0.325 e. The van der Waals surface area contributed by atoms with Crippen molar-refractivity contribution in [2.45, 2.75) is 31.7 Å². The highest BCUT2D eigenvalue weighted by Crippen LogP contribution is 2.29. The molecule has 0 saturated heterocycles. The number of aromatic nitrogens is 2. The molecular weight excluding hydrogens is 338 g/mol. The van der Waals surface area contributed by atoms with E-state index in [1.165, 1.54) is 22.9 Å². The van der Waals surface area contributed by atoms with Crippen molar-refractivity contribution in [3.05, 3.63) is 47.1 Å². The van der Waals surface area contributed by atoms with E-state index in [0.29, 0.717) is 5.75 Å². The zero-order chi connectivity index (χ0) is 16.9. The van der Waals surface area contributed by atoms with Gasteiger partial charge in [-0.05, 0) is 35.4 Å². The molecule has 0 fully saturated rings. The summed E-state index contributed by atoms with van der Waals surface area (Å²) < 4.78 is 1.04. The van der Waals surface area contributed by atoms with E-state index in [9.17, 15) is 4.79 Å². The first-order valence-corrected chi connectivity index (χ1v) is 9.81. The number of aryl methyl sites for hydroxylation is 2. The molecule has 0 aliphatic carbocycles. The van der Waals surface area contributed by atoms with Crippen LogP contribution in [0, 0.1) is 0 Å². The van der Waals surface area contributed by atoms with E-state index in [-0.39, 0.29) is 5.91 Å². The number of nitrogens with one attached hydrogen (secondary N) is 1. The van der Waals surface area contributed by atoms with Gasteiger partial charge in [-0.3, -0.25) is 4.79 Å². The summed E-state index contributed by atoms with van der Waals surface area (Å²) in [5.74, 6) is 0.338. The molecule has 0 aliphatic rings. The zero-order valence-corrected chi connectivity index (χ0v) is 15.3. The van der Waals surface area contributed by atoms with Gasteiger partial charge in [-0.2, -0.15) is 0 Å². The van der Waals surface area contributed by atoms with Crippen LogP contribution in [0.2, 0.25) is 0 Å². The number of benzene rings is 1. The Hall–Kier alpha value is -1.92. The predicted molar refractivity (Wildman–Crippen MR) is 102 cm³/mol. The third-order valence-corrected chi connectivity index (χ3v) is 5.84. The lowest BCUT2D eigenvalue weighted by atomic mass is 10.0. The minimum absolute atomic E-state index is 0.00100. The van der Waals surface area contributed by atoms with Gasteiger partial charge in [0, 0.05) is 5.69 Å². The molecule has 1 amide bonds. The number of thioether (sulfide) groups is 1. The highest BCUT2D eigenvalue weighted by atomic mass is 32.2. The van der Waals surface area contributed by atoms with Crippen LogP contribution in [0.15, 0.2) is 41.0 Å². The van der Waals surface area contributed by atoms with Crippen molar-refractivity contribution in [1.29, 1.82) is 0 Å². The number of nitrogens with zero attached hydrogens (tertiary/aromatic N) is 2. The first-order chi connectivity index (χ1) is 11.7. The average Bonchev–Trinajstić information content (AvgIpc) is 3.09. The number of carbonyl (C=O) groups is 1. The van der Waals surface area contributed by atoms with Crippen molar-refractivity contribution >= 4 is 44.9 Å². The van der Waals surface area contributed by atoms with E-state index < -0.39 is 0 Å². The Balaban J connectivity index is 1.72. The molecule has 0 unspecified atom stereocenters. The van der Waals surface area contributed by atoms with E-state index in [4.69, 9.17) is 0 Å². The molecule has 0 atom stereocenters. The highest BCUT2D eigenvalue weighted by Gasteiger charge is 2.12. The summed E-state index contributed by atoms with van der Waals surface area (Å²) in [4.78, 5) is 21.0. The van der Waals surface area contributed by atoms with Gasteiger partial charge in [0.2, 0.25) is 5.91 Å². The fourth-order valence-electron chi connectivity index (χ4n) is 2.58. The van der Waals surface area contributed by atoms with E-state index in [2.05, 4.69) is 47.3 Å². The van der Waals surface area contributed by atoms with Crippen LogP contribution in [-0.2, 0) is 17.6 Å². The lowest BCUT2D eigenvalue weighted by Crippen LogP contribution is -2.16. The van der Waals surface area contributed by atoms with Gasteiger partial charge in [-0.1, -0.05) is 43.8 Å². The molecule has 3 aromatic rings. The molecule has 0 aliphatic heterocycles. The smallest absolute Gasteiger partial charge is 0.234 e. The van der Waals surface area contributed by atoms with Gasteiger partial charge in [-0.25, -0.2) is 9.97 Å². The molecule has 1 aromatic carbocycles. The van der Waals surface area contributed by atoms with Gasteiger partial charge in [0.15, 0.2) is 0 Å². The van der Waals surface area contributed by atoms with Gasteiger partial charge in [0.1, 0.15) is 11.4 Å². The first kappa shape index (κ1) is 16.9. The summed E-state index contributed by atoms with van der Waals surface area (Å²) in [6, 6.07) is 8.16. The average molecular weight is 358 g/mol. The Kier molecular flexibility index (Phi) is 5.48. The van der Waals surface area contributed by atoms with Crippen molar-refractivity contribution in [2.24, 2.45) is 0 Å². The Morgan fingerprint density at radius 3 is 2.62 bits per heavy atom. The topological polar surface area (TPSA) is 54.9 Å². The summed E-state index contributed by atoms with van der Waals surface area (Å²) in [6.07, 6.45) is 3.35. The summed E-state index contributed by atoms with van der Waals surface area (Å²) in [6.45, 7) is 4.21. The molecule has 4 nitrogen and oxygen atoms in total. The predicted octanol–water partition coefficient (Wildman–Crippen LogP) is 4.55. The van der Waals surface area contributed by atoms with Gasteiger partial charge in [0.25, 0.3) is 0 Å². The van der Waals surface area contributed by atoms with E-state index >= 15 is 0 Å². The number of rotatable bonds is 6. The second-order valence-electron chi connectivity index (χ2n) is 5.31. The quantitative estimate of drug-likeness (QED) is 0.519. The molecule has 2 aromatic heterocycles. The molecule has 6 heteroatoms. The maximum atomic E-state index is 12.4. The van der Waals surface area contributed by atoms with Gasteiger partial charge in [-0.15, -0.1) is 11.3 Å². The maximum Gasteiger partial charge on any atom is 0.234 e. The number of carbonyl (C=O) groups excluding carboxylic acids is 1. The lowest BCUT2D eigenvalue weighted by Gasteiger charge is -2.14. The third kappa shape index (κ3) is 3.60. The number of hydrogen-bond donors (Lipinski definition) is 1. The van der Waals surface area contributed by atoms with Crippen LogP contribution in [-0.4, -0.2) is 21.6 Å². The molecule has 0 radical (unpaired) electrons. The van der Waals surface area contributed by atoms with Crippen LogP contribution in [0.5, 0.6) is 0 Å². The fourth-order valence-corrected chi connectivity index (χ4v) is 4.33. The van der Waals surface area contributed by atoms with Gasteiger partial charge >= 0.3 is 0 Å². The van der Waals surface area contributed by atoms with Crippen LogP contribution in [0.1, 0.15) is 25.0 Å². The molecule has 0 saturated carbocycles. The zero-order valence-electron chi connectivity index (χ0n) is 13.7. The Bertz CT molecular complexity index is 838. The number of amides is 1. The Morgan fingerprint density at radius 1 is 1.17 bits per heavy atom. The Morgan fingerprint density at radius 2 is 1.92 bits per heavy atom. The standard InChI is InChI=1S/C18H19N3OS2/c1-3-12-6-5-7-13(4-2)16(12)21-15(22)10-24-18-17-14(8-9-23-17)19-11-20-18/h5-9,11H,3-4,10H2,1-2H3,(H,21,22). The van der Waals surface area contributed by atoms with Crippen molar-refractivity contribution in [3.63, 3.8) is 0 Å². The highest BCUT2D eigenvalue weighted by molar-refractivity contribution is 8.00. The van der Waals surface area contributed by atoms with Crippen LogP contribution in [0.3, 0.4) is 0 Å². The van der Waals surface area contributed by atoms with Gasteiger partial charge < -0.3 is 5.32 Å².